The Hall–Kier alpha value is -2.97. The Balaban J connectivity index is 1.71. The molecule has 0 atom stereocenters. The number of likely N-dealkylation sites (N-methyl/N-ethyl adjacent to an activating group) is 1. The van der Waals surface area contributed by atoms with Crippen LogP contribution >= 0.6 is 11.3 Å². The lowest BCUT2D eigenvalue weighted by Crippen LogP contribution is -2.31. The van der Waals surface area contributed by atoms with Crippen molar-refractivity contribution in [3.8, 4) is 11.5 Å². The Morgan fingerprint density at radius 2 is 2.03 bits per heavy atom. The van der Waals surface area contributed by atoms with E-state index in [0.29, 0.717) is 29.4 Å². The molecule has 0 saturated heterocycles. The fourth-order valence-electron chi connectivity index (χ4n) is 2.54. The van der Waals surface area contributed by atoms with Crippen molar-refractivity contribution in [2.24, 2.45) is 0 Å². The van der Waals surface area contributed by atoms with Gasteiger partial charge < -0.3 is 20.3 Å². The van der Waals surface area contributed by atoms with E-state index in [1.807, 2.05) is 44.3 Å². The van der Waals surface area contributed by atoms with Crippen LogP contribution in [0.15, 0.2) is 41.9 Å². The first-order valence-corrected chi connectivity index (χ1v) is 10.2. The molecule has 0 saturated carbocycles. The Morgan fingerprint density at radius 3 is 2.76 bits per heavy atom. The fourth-order valence-corrected chi connectivity index (χ4v) is 3.23. The molecule has 0 fully saturated rings. The lowest BCUT2D eigenvalue weighted by molar-refractivity contribution is 0.0950. The minimum Gasteiger partial charge on any atom is -0.457 e. The predicted molar refractivity (Wildman–Crippen MR) is 117 cm³/mol. The summed E-state index contributed by atoms with van der Waals surface area (Å²) >= 11 is 1.52. The number of aryl methyl sites for hydroxylation is 2. The van der Waals surface area contributed by atoms with E-state index in [2.05, 4.69) is 20.6 Å². The number of carbonyl (C=O) groups excluding carboxylic acids is 1. The quantitative estimate of drug-likeness (QED) is 0.584. The molecule has 3 aromatic rings. The maximum atomic E-state index is 12.4. The zero-order valence-corrected chi connectivity index (χ0v) is 17.8. The van der Waals surface area contributed by atoms with Gasteiger partial charge in [-0.2, -0.15) is 0 Å². The number of rotatable bonds is 8. The van der Waals surface area contributed by atoms with Crippen molar-refractivity contribution in [2.75, 3.05) is 32.5 Å². The maximum Gasteiger partial charge on any atom is 0.251 e. The molecule has 0 bridgehead atoms. The van der Waals surface area contributed by atoms with Gasteiger partial charge in [0.15, 0.2) is 5.13 Å². The van der Waals surface area contributed by atoms with Gasteiger partial charge >= 0.3 is 0 Å². The van der Waals surface area contributed by atoms with Crippen molar-refractivity contribution in [3.05, 3.63) is 58.7 Å². The van der Waals surface area contributed by atoms with Crippen LogP contribution < -0.4 is 15.4 Å². The van der Waals surface area contributed by atoms with E-state index in [1.54, 1.807) is 30.5 Å². The second-order valence-electron chi connectivity index (χ2n) is 6.94. The van der Waals surface area contributed by atoms with E-state index < -0.39 is 0 Å². The second kappa shape index (κ2) is 9.49. The zero-order valence-electron chi connectivity index (χ0n) is 17.0. The van der Waals surface area contributed by atoms with Gasteiger partial charge in [0, 0.05) is 36.3 Å². The summed E-state index contributed by atoms with van der Waals surface area (Å²) in [6.07, 6.45) is 1.67. The standard InChI is InChI=1S/C21H25N5O2S/c1-14-5-6-16(20(27)23-9-10-26(3)4)11-18(14)28-17-7-8-22-19(12-17)25-21-24-15(2)13-29-21/h5-8,11-13H,9-10H2,1-4H3,(H,23,27)(H,22,24,25). The van der Waals surface area contributed by atoms with Gasteiger partial charge in [0.2, 0.25) is 0 Å². The van der Waals surface area contributed by atoms with Gasteiger partial charge in [-0.15, -0.1) is 11.3 Å². The number of hydrogen-bond acceptors (Lipinski definition) is 7. The SMILES string of the molecule is Cc1csc(Nc2cc(Oc3cc(C(=O)NCCN(C)C)ccc3C)ccn2)n1. The molecule has 2 heterocycles. The van der Waals surface area contributed by atoms with Crippen molar-refractivity contribution in [2.45, 2.75) is 13.8 Å². The third kappa shape index (κ3) is 6.00. The van der Waals surface area contributed by atoms with Gasteiger partial charge in [0.25, 0.3) is 5.91 Å². The van der Waals surface area contributed by atoms with E-state index in [-0.39, 0.29) is 5.91 Å². The predicted octanol–water partition coefficient (Wildman–Crippen LogP) is 3.98. The molecule has 29 heavy (non-hydrogen) atoms. The summed E-state index contributed by atoms with van der Waals surface area (Å²) < 4.78 is 6.04. The van der Waals surface area contributed by atoms with E-state index in [9.17, 15) is 4.79 Å². The molecule has 1 amide bonds. The first-order valence-electron chi connectivity index (χ1n) is 9.27. The molecule has 7 nitrogen and oxygen atoms in total. The van der Waals surface area contributed by atoms with Gasteiger partial charge in [0.05, 0.1) is 5.69 Å². The number of amides is 1. The Labute approximate surface area is 174 Å². The molecule has 2 N–H and O–H groups in total. The number of hydrogen-bond donors (Lipinski definition) is 2. The highest BCUT2D eigenvalue weighted by Gasteiger charge is 2.10. The minimum absolute atomic E-state index is 0.118. The first kappa shape index (κ1) is 20.8. The topological polar surface area (TPSA) is 79.4 Å². The van der Waals surface area contributed by atoms with Crippen LogP contribution in [-0.2, 0) is 0 Å². The van der Waals surface area contributed by atoms with Crippen LogP contribution in [0.25, 0.3) is 0 Å². The molecular formula is C21H25N5O2S. The number of pyridine rings is 1. The molecule has 0 radical (unpaired) electrons. The molecule has 0 spiro atoms. The lowest BCUT2D eigenvalue weighted by Gasteiger charge is -2.13. The number of carbonyl (C=O) groups is 1. The van der Waals surface area contributed by atoms with Crippen LogP contribution in [0.3, 0.4) is 0 Å². The van der Waals surface area contributed by atoms with Gasteiger partial charge in [-0.05, 0) is 51.7 Å². The smallest absolute Gasteiger partial charge is 0.251 e. The van der Waals surface area contributed by atoms with Gasteiger partial charge in [-0.25, -0.2) is 9.97 Å². The van der Waals surface area contributed by atoms with E-state index >= 15 is 0 Å². The van der Waals surface area contributed by atoms with Crippen molar-refractivity contribution in [1.82, 2.24) is 20.2 Å². The highest BCUT2D eigenvalue weighted by molar-refractivity contribution is 7.13. The summed E-state index contributed by atoms with van der Waals surface area (Å²) in [6.45, 7) is 5.26. The molecule has 0 aliphatic heterocycles. The van der Waals surface area contributed by atoms with Crippen LogP contribution in [0.4, 0.5) is 10.9 Å². The Kier molecular flexibility index (Phi) is 6.79. The number of ether oxygens (including phenoxy) is 1. The summed E-state index contributed by atoms with van der Waals surface area (Å²) in [7, 11) is 3.94. The molecule has 2 aromatic heterocycles. The normalized spacial score (nSPS) is 10.8. The number of nitrogens with zero attached hydrogens (tertiary/aromatic N) is 3. The average molecular weight is 412 g/mol. The number of nitrogens with one attached hydrogen (secondary N) is 2. The Morgan fingerprint density at radius 1 is 1.21 bits per heavy atom. The number of thiazole rings is 1. The molecule has 0 unspecified atom stereocenters. The summed E-state index contributed by atoms with van der Waals surface area (Å²) in [4.78, 5) is 23.1. The summed E-state index contributed by atoms with van der Waals surface area (Å²) in [5.74, 6) is 1.79. The summed E-state index contributed by atoms with van der Waals surface area (Å²) in [6, 6.07) is 9.03. The molecule has 1 aromatic carbocycles. The van der Waals surface area contributed by atoms with Gasteiger partial charge in [-0.3, -0.25) is 4.79 Å². The number of aromatic nitrogens is 2. The lowest BCUT2D eigenvalue weighted by atomic mass is 10.1. The van der Waals surface area contributed by atoms with E-state index in [4.69, 9.17) is 4.74 Å². The van der Waals surface area contributed by atoms with Crippen LogP contribution in [0.1, 0.15) is 21.6 Å². The third-order valence-corrected chi connectivity index (χ3v) is 4.98. The molecular weight excluding hydrogens is 386 g/mol. The average Bonchev–Trinajstić information content (AvgIpc) is 3.08. The van der Waals surface area contributed by atoms with Gasteiger partial charge in [-0.1, -0.05) is 6.07 Å². The van der Waals surface area contributed by atoms with E-state index in [1.165, 1.54) is 11.3 Å². The van der Waals surface area contributed by atoms with Crippen molar-refractivity contribution in [3.63, 3.8) is 0 Å². The summed E-state index contributed by atoms with van der Waals surface area (Å²) in [5.41, 5.74) is 2.47. The van der Waals surface area contributed by atoms with Crippen molar-refractivity contribution >= 4 is 28.2 Å². The highest BCUT2D eigenvalue weighted by Crippen LogP contribution is 2.28. The highest BCUT2D eigenvalue weighted by atomic mass is 32.1. The van der Waals surface area contributed by atoms with Crippen LogP contribution in [0.5, 0.6) is 11.5 Å². The molecule has 8 heteroatoms. The van der Waals surface area contributed by atoms with Crippen molar-refractivity contribution in [1.29, 1.82) is 0 Å². The number of benzene rings is 1. The fraction of sp³-hybridized carbons (Fsp3) is 0.286. The van der Waals surface area contributed by atoms with Crippen LogP contribution in [0.2, 0.25) is 0 Å². The number of anilines is 2. The minimum atomic E-state index is -0.118. The molecule has 0 aliphatic carbocycles. The molecule has 0 aliphatic rings. The largest absolute Gasteiger partial charge is 0.457 e. The molecule has 3 rings (SSSR count). The second-order valence-corrected chi connectivity index (χ2v) is 7.80. The third-order valence-electron chi connectivity index (χ3n) is 4.11. The van der Waals surface area contributed by atoms with Crippen LogP contribution in [0, 0.1) is 13.8 Å². The maximum absolute atomic E-state index is 12.4. The monoisotopic (exact) mass is 411 g/mol. The molecule has 152 valence electrons. The van der Waals surface area contributed by atoms with Crippen molar-refractivity contribution < 1.29 is 9.53 Å². The van der Waals surface area contributed by atoms with Gasteiger partial charge in [0.1, 0.15) is 17.3 Å². The zero-order chi connectivity index (χ0) is 20.8. The van der Waals surface area contributed by atoms with E-state index in [0.717, 1.165) is 22.9 Å². The summed E-state index contributed by atoms with van der Waals surface area (Å²) in [5, 5.41) is 8.84. The van der Waals surface area contributed by atoms with Crippen LogP contribution in [-0.4, -0.2) is 48.0 Å². The first-order chi connectivity index (χ1) is 13.9. The Bertz CT molecular complexity index is 987.